The van der Waals surface area contributed by atoms with Gasteiger partial charge in [0.1, 0.15) is 0 Å². The Morgan fingerprint density at radius 1 is 1.20 bits per heavy atom. The number of hydrogen-bond donors (Lipinski definition) is 0. The molecule has 0 atom stereocenters. The van der Waals surface area contributed by atoms with E-state index in [1.54, 1.807) is 0 Å². The second-order valence-corrected chi connectivity index (χ2v) is 2.66. The van der Waals surface area contributed by atoms with Gasteiger partial charge in [-0.3, -0.25) is 0 Å². The zero-order chi connectivity index (χ0) is 6.85. The van der Waals surface area contributed by atoms with Crippen molar-refractivity contribution in [2.75, 3.05) is 0 Å². The molecule has 1 aromatic carbocycles. The molecule has 50 valence electrons. The van der Waals surface area contributed by atoms with Crippen LogP contribution in [-0.2, 0) is 27.7 Å². The molecule has 0 aliphatic heterocycles. The van der Waals surface area contributed by atoms with Crippen LogP contribution < -0.4 is 0 Å². The van der Waals surface area contributed by atoms with E-state index in [9.17, 15) is 0 Å². The summed E-state index contributed by atoms with van der Waals surface area (Å²) in [6.45, 7) is 4.07. The summed E-state index contributed by atoms with van der Waals surface area (Å²) >= 11 is 5.78. The van der Waals surface area contributed by atoms with E-state index in [0.29, 0.717) is 0 Å². The van der Waals surface area contributed by atoms with Crippen molar-refractivity contribution in [2.45, 2.75) is 13.8 Å². The summed E-state index contributed by atoms with van der Waals surface area (Å²) in [5, 5.41) is 0.848. The largest absolute Gasteiger partial charge is 0.0841 e. The SMILES string of the molecule is Cc1ccc(Cl)c(C)c1.[Hg]. The quantitative estimate of drug-likeness (QED) is 0.637. The second-order valence-electron chi connectivity index (χ2n) is 2.25. The van der Waals surface area contributed by atoms with Crippen molar-refractivity contribution in [1.29, 1.82) is 0 Å². The Morgan fingerprint density at radius 2 is 1.80 bits per heavy atom. The van der Waals surface area contributed by atoms with Crippen molar-refractivity contribution in [3.63, 3.8) is 0 Å². The topological polar surface area (TPSA) is 0 Å². The van der Waals surface area contributed by atoms with Gasteiger partial charge in [0.25, 0.3) is 0 Å². The van der Waals surface area contributed by atoms with Gasteiger partial charge in [-0.15, -0.1) is 0 Å². The van der Waals surface area contributed by atoms with E-state index in [0.717, 1.165) is 10.6 Å². The molecule has 0 spiro atoms. The molecule has 1 aromatic rings. The molecule has 0 aliphatic carbocycles. The van der Waals surface area contributed by atoms with Gasteiger partial charge < -0.3 is 0 Å². The predicted molar refractivity (Wildman–Crippen MR) is 40.9 cm³/mol. The van der Waals surface area contributed by atoms with Gasteiger partial charge in [0.05, 0.1) is 0 Å². The third-order valence-corrected chi connectivity index (χ3v) is 1.74. The molecule has 0 heterocycles. The minimum absolute atomic E-state index is 0. The second kappa shape index (κ2) is 4.35. The zero-order valence-corrected chi connectivity index (χ0v) is 12.6. The van der Waals surface area contributed by atoms with E-state index in [4.69, 9.17) is 11.6 Å². The van der Waals surface area contributed by atoms with E-state index in [1.807, 2.05) is 19.1 Å². The maximum absolute atomic E-state index is 5.78. The molecule has 0 unspecified atom stereocenters. The Balaban J connectivity index is 0.000000810. The third kappa shape index (κ3) is 2.59. The number of hydrogen-bond acceptors (Lipinski definition) is 0. The van der Waals surface area contributed by atoms with Crippen molar-refractivity contribution in [2.24, 2.45) is 0 Å². The molecule has 0 saturated heterocycles. The summed E-state index contributed by atoms with van der Waals surface area (Å²) in [4.78, 5) is 0. The van der Waals surface area contributed by atoms with Crippen LogP contribution in [0.25, 0.3) is 0 Å². The molecule has 0 radical (unpaired) electrons. The van der Waals surface area contributed by atoms with Crippen molar-refractivity contribution in [1.82, 2.24) is 0 Å². The van der Waals surface area contributed by atoms with Gasteiger partial charge in [-0.25, -0.2) is 0 Å². The average Bonchev–Trinajstić information content (AvgIpc) is 1.80. The zero-order valence-electron chi connectivity index (χ0n) is 6.32. The molecule has 0 bridgehead atoms. The van der Waals surface area contributed by atoms with Crippen molar-refractivity contribution in [3.05, 3.63) is 34.3 Å². The maximum Gasteiger partial charge on any atom is 0.0435 e. The maximum atomic E-state index is 5.78. The Bertz CT molecular complexity index is 220. The molecule has 2 heteroatoms. The Kier molecular flexibility index (Phi) is 4.54. The van der Waals surface area contributed by atoms with Gasteiger partial charge in [0.15, 0.2) is 0 Å². The fourth-order valence-electron chi connectivity index (χ4n) is 0.795. The van der Waals surface area contributed by atoms with Crippen LogP contribution in [-0.4, -0.2) is 0 Å². The van der Waals surface area contributed by atoms with Crippen LogP contribution in [0.5, 0.6) is 0 Å². The van der Waals surface area contributed by atoms with Crippen LogP contribution in [0.1, 0.15) is 11.1 Å². The van der Waals surface area contributed by atoms with E-state index in [2.05, 4.69) is 13.0 Å². The van der Waals surface area contributed by atoms with Crippen LogP contribution in [0.2, 0.25) is 5.02 Å². The van der Waals surface area contributed by atoms with E-state index >= 15 is 0 Å². The van der Waals surface area contributed by atoms with E-state index < -0.39 is 0 Å². The van der Waals surface area contributed by atoms with Crippen LogP contribution >= 0.6 is 11.6 Å². The minimum Gasteiger partial charge on any atom is -0.0841 e. The fourth-order valence-corrected chi connectivity index (χ4v) is 0.912. The molecule has 10 heavy (non-hydrogen) atoms. The first-order valence-corrected chi connectivity index (χ1v) is 3.30. The van der Waals surface area contributed by atoms with E-state index in [-0.39, 0.29) is 27.7 Å². The summed E-state index contributed by atoms with van der Waals surface area (Å²) in [6, 6.07) is 6.00. The number of aryl methyl sites for hydroxylation is 2. The van der Waals surface area contributed by atoms with Crippen LogP contribution in [0.3, 0.4) is 0 Å². The Hall–Kier alpha value is 0.445. The molecule has 0 aliphatic rings. The first-order chi connectivity index (χ1) is 4.20. The molecule has 1 rings (SSSR count). The summed E-state index contributed by atoms with van der Waals surface area (Å²) in [5.41, 5.74) is 2.41. The summed E-state index contributed by atoms with van der Waals surface area (Å²) in [7, 11) is 0. The molecule has 0 aromatic heterocycles. The first-order valence-electron chi connectivity index (χ1n) is 2.93. The fraction of sp³-hybridized carbons (Fsp3) is 0.250. The summed E-state index contributed by atoms with van der Waals surface area (Å²) in [6.07, 6.45) is 0. The van der Waals surface area contributed by atoms with Gasteiger partial charge in [-0.1, -0.05) is 29.3 Å². The van der Waals surface area contributed by atoms with Gasteiger partial charge in [0.2, 0.25) is 0 Å². The Labute approximate surface area is 87.1 Å². The molecule has 0 fully saturated rings. The van der Waals surface area contributed by atoms with Crippen LogP contribution in [0, 0.1) is 13.8 Å². The molecular formula is C8H9ClHg. The number of rotatable bonds is 0. The van der Waals surface area contributed by atoms with Crippen molar-refractivity contribution >= 4 is 11.6 Å². The molecular weight excluding hydrogens is 332 g/mol. The minimum atomic E-state index is 0. The van der Waals surface area contributed by atoms with Crippen LogP contribution in [0.4, 0.5) is 0 Å². The molecule has 0 N–H and O–H groups in total. The standard InChI is InChI=1S/C8H9Cl.Hg/c1-6-3-4-8(9)7(2)5-6;/h3-5H,1-2H3;. The van der Waals surface area contributed by atoms with Gasteiger partial charge in [0, 0.05) is 32.7 Å². The van der Waals surface area contributed by atoms with Crippen molar-refractivity contribution < 1.29 is 27.7 Å². The summed E-state index contributed by atoms with van der Waals surface area (Å²) in [5.74, 6) is 0. The first kappa shape index (κ1) is 10.4. The monoisotopic (exact) mass is 342 g/mol. The summed E-state index contributed by atoms with van der Waals surface area (Å²) < 4.78 is 0. The number of halogens is 1. The van der Waals surface area contributed by atoms with Gasteiger partial charge >= 0.3 is 0 Å². The third-order valence-electron chi connectivity index (χ3n) is 1.31. The predicted octanol–water partition coefficient (Wildman–Crippen LogP) is 2.95. The smallest absolute Gasteiger partial charge is 0.0435 e. The van der Waals surface area contributed by atoms with Crippen molar-refractivity contribution in [3.8, 4) is 0 Å². The molecule has 0 saturated carbocycles. The van der Waals surface area contributed by atoms with Gasteiger partial charge in [-0.05, 0) is 25.5 Å². The average molecular weight is 341 g/mol. The number of benzene rings is 1. The molecule has 0 nitrogen and oxygen atoms in total. The van der Waals surface area contributed by atoms with E-state index in [1.165, 1.54) is 5.56 Å². The van der Waals surface area contributed by atoms with Crippen LogP contribution in [0.15, 0.2) is 18.2 Å². The Morgan fingerprint density at radius 3 is 2.20 bits per heavy atom. The molecule has 0 amide bonds. The van der Waals surface area contributed by atoms with Gasteiger partial charge in [-0.2, -0.15) is 0 Å². The normalized spacial score (nSPS) is 8.70.